The minimum absolute atomic E-state index is 0.247. The van der Waals surface area contributed by atoms with Crippen LogP contribution in [0.25, 0.3) is 0 Å². The largest absolute Gasteiger partial charge is 0.299 e. The summed E-state index contributed by atoms with van der Waals surface area (Å²) in [5, 5.41) is 0.523. The van der Waals surface area contributed by atoms with Crippen LogP contribution in [0.4, 0.5) is 0 Å². The zero-order valence-electron chi connectivity index (χ0n) is 11.5. The number of allylic oxidation sites excluding steroid dienone is 1. The van der Waals surface area contributed by atoms with Crippen molar-refractivity contribution in [3.05, 3.63) is 12.2 Å². The molecule has 0 saturated heterocycles. The van der Waals surface area contributed by atoms with Crippen molar-refractivity contribution in [3.63, 3.8) is 0 Å². The van der Waals surface area contributed by atoms with Gasteiger partial charge in [-0.25, -0.2) is 0 Å². The number of unbranched alkanes of at least 4 members (excludes halogenated alkanes) is 2. The number of hydrogen-bond donors (Lipinski definition) is 0. The van der Waals surface area contributed by atoms with Crippen molar-refractivity contribution in [2.75, 3.05) is 5.75 Å². The number of hydrogen-bond acceptors (Lipinski definition) is 2. The second-order valence-electron chi connectivity index (χ2n) is 5.35. The van der Waals surface area contributed by atoms with Gasteiger partial charge in [-0.2, -0.15) is 11.8 Å². The van der Waals surface area contributed by atoms with Crippen LogP contribution in [0.3, 0.4) is 0 Å². The smallest absolute Gasteiger partial charge is 0.137 e. The third-order valence-electron chi connectivity index (χ3n) is 3.81. The van der Waals surface area contributed by atoms with Crippen molar-refractivity contribution in [2.24, 2.45) is 11.8 Å². The van der Waals surface area contributed by atoms with E-state index in [1.165, 1.54) is 30.6 Å². The summed E-state index contributed by atoms with van der Waals surface area (Å²) < 4.78 is 0. The number of carbonyl (C=O) groups is 1. The molecule has 1 rings (SSSR count). The standard InChI is InChI=1S/C15H26OS/c1-5-6-7-8-17-15-10-13(11(2)3)9-14(16)12(15)4/h12-13,15H,2,5-10H2,1,3-4H3. The van der Waals surface area contributed by atoms with Crippen LogP contribution in [0.2, 0.25) is 0 Å². The quantitative estimate of drug-likeness (QED) is 0.514. The molecule has 0 aromatic carbocycles. The normalized spacial score (nSPS) is 29.4. The molecule has 1 aliphatic carbocycles. The van der Waals surface area contributed by atoms with Crippen LogP contribution in [-0.2, 0) is 4.79 Å². The minimum Gasteiger partial charge on any atom is -0.299 e. The van der Waals surface area contributed by atoms with Gasteiger partial charge in [-0.3, -0.25) is 4.79 Å². The highest BCUT2D eigenvalue weighted by Crippen LogP contribution is 2.37. The van der Waals surface area contributed by atoms with Crippen LogP contribution in [0, 0.1) is 11.8 Å². The van der Waals surface area contributed by atoms with E-state index < -0.39 is 0 Å². The summed E-state index contributed by atoms with van der Waals surface area (Å²) in [5.74, 6) is 2.33. The van der Waals surface area contributed by atoms with E-state index in [9.17, 15) is 4.79 Å². The van der Waals surface area contributed by atoms with E-state index in [1.54, 1.807) is 0 Å². The Balaban J connectivity index is 2.44. The lowest BCUT2D eigenvalue weighted by Gasteiger charge is -2.33. The second kappa shape index (κ2) is 7.25. The van der Waals surface area contributed by atoms with Crippen LogP contribution in [0.15, 0.2) is 12.2 Å². The summed E-state index contributed by atoms with van der Waals surface area (Å²) in [6.07, 6.45) is 5.75. The molecule has 3 atom stereocenters. The Labute approximate surface area is 110 Å². The summed E-state index contributed by atoms with van der Waals surface area (Å²) in [4.78, 5) is 12.0. The molecule has 0 spiro atoms. The molecule has 0 aliphatic heterocycles. The third kappa shape index (κ3) is 4.50. The van der Waals surface area contributed by atoms with Crippen LogP contribution in [0.5, 0.6) is 0 Å². The molecule has 0 amide bonds. The van der Waals surface area contributed by atoms with Crippen LogP contribution in [0.1, 0.15) is 52.9 Å². The van der Waals surface area contributed by atoms with Gasteiger partial charge in [0.1, 0.15) is 5.78 Å². The number of Topliss-reactive ketones (excluding diaryl/α,β-unsaturated/α-hetero) is 1. The Hall–Kier alpha value is -0.240. The summed E-state index contributed by atoms with van der Waals surface area (Å²) in [5.41, 5.74) is 1.18. The average Bonchev–Trinajstić information content (AvgIpc) is 2.29. The predicted molar refractivity (Wildman–Crippen MR) is 77.5 cm³/mol. The molecule has 1 aliphatic rings. The second-order valence-corrected chi connectivity index (χ2v) is 6.70. The molecule has 0 aromatic heterocycles. The summed E-state index contributed by atoms with van der Waals surface area (Å²) >= 11 is 2.01. The molecule has 0 aromatic rings. The fourth-order valence-electron chi connectivity index (χ4n) is 2.38. The molecule has 2 heteroatoms. The van der Waals surface area contributed by atoms with Crippen molar-refractivity contribution in [2.45, 2.75) is 58.1 Å². The van der Waals surface area contributed by atoms with E-state index in [1.807, 2.05) is 11.8 Å². The number of ketones is 1. The van der Waals surface area contributed by atoms with Crippen LogP contribution in [-0.4, -0.2) is 16.8 Å². The van der Waals surface area contributed by atoms with Gasteiger partial charge in [0, 0.05) is 17.6 Å². The zero-order chi connectivity index (χ0) is 12.8. The van der Waals surface area contributed by atoms with E-state index in [0.29, 0.717) is 17.0 Å². The lowest BCUT2D eigenvalue weighted by Crippen LogP contribution is -2.33. The Kier molecular flexibility index (Phi) is 6.32. The van der Waals surface area contributed by atoms with E-state index in [-0.39, 0.29) is 5.92 Å². The first-order valence-corrected chi connectivity index (χ1v) is 7.90. The van der Waals surface area contributed by atoms with Gasteiger partial charge in [-0.1, -0.05) is 38.8 Å². The number of thioether (sulfide) groups is 1. The molecular formula is C15H26OS. The van der Waals surface area contributed by atoms with Crippen LogP contribution < -0.4 is 0 Å². The van der Waals surface area contributed by atoms with Gasteiger partial charge in [0.25, 0.3) is 0 Å². The highest BCUT2D eigenvalue weighted by molar-refractivity contribution is 7.99. The van der Waals surface area contributed by atoms with E-state index >= 15 is 0 Å². The Morgan fingerprint density at radius 1 is 1.47 bits per heavy atom. The maximum atomic E-state index is 12.0. The molecule has 0 bridgehead atoms. The van der Waals surface area contributed by atoms with E-state index in [4.69, 9.17) is 0 Å². The van der Waals surface area contributed by atoms with Crippen molar-refractivity contribution >= 4 is 17.5 Å². The first-order chi connectivity index (χ1) is 8.06. The predicted octanol–water partition coefficient (Wildman–Crippen LogP) is 4.47. The SMILES string of the molecule is C=C(C)C1CC(=O)C(C)C(SCCCCC)C1. The van der Waals surface area contributed by atoms with Gasteiger partial charge in [0.15, 0.2) is 0 Å². The van der Waals surface area contributed by atoms with Gasteiger partial charge in [-0.15, -0.1) is 0 Å². The Morgan fingerprint density at radius 2 is 2.18 bits per heavy atom. The van der Waals surface area contributed by atoms with Gasteiger partial charge >= 0.3 is 0 Å². The lowest BCUT2D eigenvalue weighted by atomic mass is 9.79. The highest BCUT2D eigenvalue weighted by atomic mass is 32.2. The van der Waals surface area contributed by atoms with Gasteiger partial charge < -0.3 is 0 Å². The summed E-state index contributed by atoms with van der Waals surface area (Å²) in [6.45, 7) is 10.4. The molecule has 1 saturated carbocycles. The van der Waals surface area contributed by atoms with Crippen molar-refractivity contribution in [3.8, 4) is 0 Å². The molecule has 1 nitrogen and oxygen atoms in total. The van der Waals surface area contributed by atoms with Gasteiger partial charge in [0.2, 0.25) is 0 Å². The Morgan fingerprint density at radius 3 is 2.76 bits per heavy atom. The summed E-state index contributed by atoms with van der Waals surface area (Å²) in [7, 11) is 0. The highest BCUT2D eigenvalue weighted by Gasteiger charge is 2.33. The molecule has 98 valence electrons. The third-order valence-corrected chi connectivity index (χ3v) is 5.36. The minimum atomic E-state index is 0.247. The summed E-state index contributed by atoms with van der Waals surface area (Å²) in [6, 6.07) is 0. The van der Waals surface area contributed by atoms with Crippen LogP contribution >= 0.6 is 11.8 Å². The molecular weight excluding hydrogens is 228 g/mol. The first kappa shape index (κ1) is 14.8. The molecule has 0 heterocycles. The first-order valence-electron chi connectivity index (χ1n) is 6.86. The molecule has 1 fully saturated rings. The molecule has 3 unspecified atom stereocenters. The molecule has 0 radical (unpaired) electrons. The fourth-order valence-corrected chi connectivity index (χ4v) is 3.86. The van der Waals surface area contributed by atoms with Gasteiger partial charge in [0.05, 0.1) is 0 Å². The fraction of sp³-hybridized carbons (Fsp3) is 0.800. The number of carbonyl (C=O) groups excluding carboxylic acids is 1. The number of rotatable bonds is 6. The van der Waals surface area contributed by atoms with E-state index in [2.05, 4.69) is 27.4 Å². The molecule has 0 N–H and O–H groups in total. The zero-order valence-corrected chi connectivity index (χ0v) is 12.3. The maximum Gasteiger partial charge on any atom is 0.137 e. The van der Waals surface area contributed by atoms with Gasteiger partial charge in [-0.05, 0) is 31.4 Å². The molecule has 17 heavy (non-hydrogen) atoms. The average molecular weight is 254 g/mol. The van der Waals surface area contributed by atoms with Crippen molar-refractivity contribution in [1.29, 1.82) is 0 Å². The van der Waals surface area contributed by atoms with Crippen molar-refractivity contribution < 1.29 is 4.79 Å². The lowest BCUT2D eigenvalue weighted by molar-refractivity contribution is -0.124. The van der Waals surface area contributed by atoms with Crippen molar-refractivity contribution in [1.82, 2.24) is 0 Å². The van der Waals surface area contributed by atoms with E-state index in [0.717, 1.165) is 12.8 Å². The Bertz CT molecular complexity index is 272. The monoisotopic (exact) mass is 254 g/mol. The topological polar surface area (TPSA) is 17.1 Å². The maximum absolute atomic E-state index is 12.0.